The molecule has 0 saturated carbocycles. The molecule has 0 fully saturated rings. The second kappa shape index (κ2) is 5.53. The number of hydrogen-bond acceptors (Lipinski definition) is 5. The lowest BCUT2D eigenvalue weighted by molar-refractivity contribution is 0.704. The van der Waals surface area contributed by atoms with Crippen molar-refractivity contribution in [2.75, 3.05) is 5.32 Å². The van der Waals surface area contributed by atoms with Gasteiger partial charge in [-0.15, -0.1) is 0 Å². The summed E-state index contributed by atoms with van der Waals surface area (Å²) >= 11 is 0. The van der Waals surface area contributed by atoms with Gasteiger partial charge in [0.15, 0.2) is 5.65 Å². The zero-order valence-corrected chi connectivity index (χ0v) is 12.6. The van der Waals surface area contributed by atoms with E-state index in [1.54, 1.807) is 23.3 Å². The van der Waals surface area contributed by atoms with Crippen LogP contribution in [-0.4, -0.2) is 29.5 Å². The van der Waals surface area contributed by atoms with Gasteiger partial charge in [-0.1, -0.05) is 30.3 Å². The van der Waals surface area contributed by atoms with Crippen molar-refractivity contribution >= 4 is 22.7 Å². The third-order valence-corrected chi connectivity index (χ3v) is 3.51. The van der Waals surface area contributed by atoms with Crippen molar-refractivity contribution < 1.29 is 0 Å². The molecule has 7 heteroatoms. The summed E-state index contributed by atoms with van der Waals surface area (Å²) in [7, 11) is 1.87. The lowest BCUT2D eigenvalue weighted by Crippen LogP contribution is -2.04. The Balaban J connectivity index is 1.65. The van der Waals surface area contributed by atoms with Gasteiger partial charge >= 0.3 is 0 Å². The molecule has 1 N–H and O–H groups in total. The van der Waals surface area contributed by atoms with E-state index < -0.39 is 0 Å². The first-order valence-electron chi connectivity index (χ1n) is 7.26. The van der Waals surface area contributed by atoms with E-state index in [1.807, 2.05) is 36.1 Å². The maximum absolute atomic E-state index is 4.58. The molecule has 0 radical (unpaired) electrons. The minimum absolute atomic E-state index is 0.528. The normalized spacial score (nSPS) is 11.0. The first kappa shape index (κ1) is 13.4. The molecule has 4 aromatic rings. The van der Waals surface area contributed by atoms with E-state index in [-0.39, 0.29) is 0 Å². The van der Waals surface area contributed by atoms with E-state index in [2.05, 4.69) is 37.6 Å². The minimum Gasteiger partial charge on any atom is -0.321 e. The summed E-state index contributed by atoms with van der Waals surface area (Å²) in [5.41, 5.74) is 2.83. The van der Waals surface area contributed by atoms with Crippen molar-refractivity contribution in [2.45, 2.75) is 6.54 Å². The molecule has 0 spiro atoms. The van der Waals surface area contributed by atoms with Crippen LogP contribution in [0, 0.1) is 0 Å². The van der Waals surface area contributed by atoms with Gasteiger partial charge in [-0.25, -0.2) is 9.67 Å². The van der Waals surface area contributed by atoms with Crippen molar-refractivity contribution in [1.82, 2.24) is 29.5 Å². The number of benzene rings is 1. The molecular weight excluding hydrogens is 290 g/mol. The number of anilines is 2. The van der Waals surface area contributed by atoms with E-state index >= 15 is 0 Å². The highest BCUT2D eigenvalue weighted by Gasteiger charge is 2.08. The van der Waals surface area contributed by atoms with E-state index in [0.717, 1.165) is 16.7 Å². The Bertz CT molecular complexity index is 939. The summed E-state index contributed by atoms with van der Waals surface area (Å²) < 4.78 is 3.60. The average Bonchev–Trinajstić information content (AvgIpc) is 3.15. The van der Waals surface area contributed by atoms with Crippen LogP contribution in [0.25, 0.3) is 11.0 Å². The smallest absolute Gasteiger partial charge is 0.229 e. The molecule has 0 aliphatic heterocycles. The van der Waals surface area contributed by atoms with Crippen molar-refractivity contribution in [1.29, 1.82) is 0 Å². The standard InChI is InChI=1S/C16H15N7/c1-22-11-14(9-18-22)20-16-17-7-13-8-19-23(15(13)21-16)10-12-5-3-2-4-6-12/h2-9,11H,10H2,1H3,(H,17,20,21). The highest BCUT2D eigenvalue weighted by atomic mass is 15.3. The fraction of sp³-hybridized carbons (Fsp3) is 0.125. The fourth-order valence-corrected chi connectivity index (χ4v) is 2.41. The maximum Gasteiger partial charge on any atom is 0.229 e. The Kier molecular flexibility index (Phi) is 3.23. The lowest BCUT2D eigenvalue weighted by atomic mass is 10.2. The molecule has 23 heavy (non-hydrogen) atoms. The molecule has 7 nitrogen and oxygen atoms in total. The number of hydrogen-bond donors (Lipinski definition) is 1. The first-order chi connectivity index (χ1) is 11.3. The van der Waals surface area contributed by atoms with Gasteiger partial charge in [0.05, 0.1) is 30.0 Å². The number of aromatic nitrogens is 6. The second-order valence-corrected chi connectivity index (χ2v) is 5.29. The number of nitrogens with zero attached hydrogens (tertiary/aromatic N) is 6. The Morgan fingerprint density at radius 2 is 1.91 bits per heavy atom. The van der Waals surface area contributed by atoms with Gasteiger partial charge in [-0.3, -0.25) is 4.68 Å². The summed E-state index contributed by atoms with van der Waals surface area (Å²) in [5.74, 6) is 0.528. The van der Waals surface area contributed by atoms with Gasteiger partial charge in [0, 0.05) is 19.4 Å². The monoisotopic (exact) mass is 305 g/mol. The fourth-order valence-electron chi connectivity index (χ4n) is 2.41. The van der Waals surface area contributed by atoms with E-state index in [1.165, 1.54) is 5.56 Å². The van der Waals surface area contributed by atoms with Crippen molar-refractivity contribution in [2.24, 2.45) is 7.05 Å². The van der Waals surface area contributed by atoms with Crippen LogP contribution in [0.3, 0.4) is 0 Å². The molecule has 0 atom stereocenters. The van der Waals surface area contributed by atoms with Gasteiger partial charge in [-0.2, -0.15) is 15.2 Å². The number of rotatable bonds is 4. The molecule has 0 unspecified atom stereocenters. The maximum atomic E-state index is 4.58. The molecule has 4 rings (SSSR count). The molecule has 0 amide bonds. The summed E-state index contributed by atoms with van der Waals surface area (Å²) in [6.07, 6.45) is 7.16. The van der Waals surface area contributed by atoms with Crippen molar-refractivity contribution in [3.8, 4) is 0 Å². The topological polar surface area (TPSA) is 73.5 Å². The summed E-state index contributed by atoms with van der Waals surface area (Å²) in [6, 6.07) is 10.2. The third-order valence-electron chi connectivity index (χ3n) is 3.51. The van der Waals surface area contributed by atoms with Crippen LogP contribution < -0.4 is 5.32 Å². The molecule has 1 aromatic carbocycles. The van der Waals surface area contributed by atoms with Crippen LogP contribution >= 0.6 is 0 Å². The van der Waals surface area contributed by atoms with Crippen LogP contribution in [0.2, 0.25) is 0 Å². The second-order valence-electron chi connectivity index (χ2n) is 5.29. The Hall–Kier alpha value is -3.22. The quantitative estimate of drug-likeness (QED) is 0.626. The summed E-state index contributed by atoms with van der Waals surface area (Å²) in [4.78, 5) is 8.90. The summed E-state index contributed by atoms with van der Waals surface area (Å²) in [5, 5.41) is 12.6. The molecule has 114 valence electrons. The van der Waals surface area contributed by atoms with Crippen molar-refractivity contribution in [3.05, 3.63) is 60.7 Å². The van der Waals surface area contributed by atoms with Gasteiger partial charge in [-0.05, 0) is 5.56 Å². The van der Waals surface area contributed by atoms with Gasteiger partial charge < -0.3 is 5.32 Å². The molecule has 0 aliphatic carbocycles. The zero-order valence-electron chi connectivity index (χ0n) is 12.6. The van der Waals surface area contributed by atoms with Crippen LogP contribution in [0.15, 0.2) is 55.1 Å². The Morgan fingerprint density at radius 1 is 1.04 bits per heavy atom. The molecule has 0 saturated heterocycles. The van der Waals surface area contributed by atoms with E-state index in [4.69, 9.17) is 0 Å². The molecular formula is C16H15N7. The predicted molar refractivity (Wildman–Crippen MR) is 87.4 cm³/mol. The molecule has 0 bridgehead atoms. The lowest BCUT2D eigenvalue weighted by Gasteiger charge is -2.05. The van der Waals surface area contributed by atoms with Crippen molar-refractivity contribution in [3.63, 3.8) is 0 Å². The SMILES string of the molecule is Cn1cc(Nc2ncc3cnn(Cc4ccccc4)c3n2)cn1. The van der Waals surface area contributed by atoms with Crippen LogP contribution in [-0.2, 0) is 13.6 Å². The van der Waals surface area contributed by atoms with Crippen LogP contribution in [0.5, 0.6) is 0 Å². The van der Waals surface area contributed by atoms with Crippen LogP contribution in [0.1, 0.15) is 5.56 Å². The number of fused-ring (bicyclic) bond motifs is 1. The molecule has 0 aliphatic rings. The molecule has 3 heterocycles. The van der Waals surface area contributed by atoms with Gasteiger partial charge in [0.2, 0.25) is 5.95 Å². The van der Waals surface area contributed by atoms with Gasteiger partial charge in [0.1, 0.15) is 0 Å². The number of nitrogens with one attached hydrogen (secondary N) is 1. The Morgan fingerprint density at radius 3 is 2.70 bits per heavy atom. The highest BCUT2D eigenvalue weighted by molar-refractivity contribution is 5.75. The predicted octanol–water partition coefficient (Wildman–Crippen LogP) is 2.35. The van der Waals surface area contributed by atoms with E-state index in [9.17, 15) is 0 Å². The Labute approximate surface area is 132 Å². The first-order valence-corrected chi connectivity index (χ1v) is 7.26. The van der Waals surface area contributed by atoms with Gasteiger partial charge in [0.25, 0.3) is 0 Å². The summed E-state index contributed by atoms with van der Waals surface area (Å²) in [6.45, 7) is 0.674. The number of aryl methyl sites for hydroxylation is 1. The molecule has 3 aromatic heterocycles. The highest BCUT2D eigenvalue weighted by Crippen LogP contribution is 2.16. The third kappa shape index (κ3) is 2.76. The van der Waals surface area contributed by atoms with E-state index in [0.29, 0.717) is 12.5 Å². The van der Waals surface area contributed by atoms with Crippen LogP contribution in [0.4, 0.5) is 11.6 Å². The largest absolute Gasteiger partial charge is 0.321 e. The zero-order chi connectivity index (χ0) is 15.6. The average molecular weight is 305 g/mol. The minimum atomic E-state index is 0.528.